The van der Waals surface area contributed by atoms with Crippen LogP contribution in [0.1, 0.15) is 48.5 Å². The van der Waals surface area contributed by atoms with Crippen LogP contribution < -0.4 is 5.46 Å². The van der Waals surface area contributed by atoms with Gasteiger partial charge < -0.3 is 9.31 Å². The molecule has 0 unspecified atom stereocenters. The van der Waals surface area contributed by atoms with Gasteiger partial charge in [0, 0.05) is 0 Å². The molecular weight excluding hydrogens is 327 g/mol. The van der Waals surface area contributed by atoms with E-state index in [0.717, 1.165) is 5.46 Å². The van der Waals surface area contributed by atoms with Crippen LogP contribution in [-0.2, 0) is 23.6 Å². The molecule has 1 aliphatic heterocycles. The van der Waals surface area contributed by atoms with Crippen LogP contribution in [0.25, 0.3) is 0 Å². The van der Waals surface area contributed by atoms with Crippen LogP contribution in [0, 0.1) is 5.41 Å². The van der Waals surface area contributed by atoms with Gasteiger partial charge in [0.15, 0.2) is 0 Å². The van der Waals surface area contributed by atoms with E-state index in [9.17, 15) is 8.42 Å². The summed E-state index contributed by atoms with van der Waals surface area (Å²) in [7, 11) is -4.27. The Hall–Kier alpha value is -0.885. The maximum absolute atomic E-state index is 12.2. The molecule has 0 spiro atoms. The van der Waals surface area contributed by atoms with E-state index >= 15 is 0 Å². The molecule has 134 valence electrons. The first-order valence-corrected chi connectivity index (χ1v) is 9.49. The molecule has 0 atom stereocenters. The van der Waals surface area contributed by atoms with Crippen molar-refractivity contribution in [3.8, 4) is 0 Å². The monoisotopic (exact) mass is 354 g/mol. The first-order valence-electron chi connectivity index (χ1n) is 8.09. The van der Waals surface area contributed by atoms with Gasteiger partial charge in [0.25, 0.3) is 10.1 Å². The normalized spacial score (nSPS) is 20.4. The van der Waals surface area contributed by atoms with Crippen LogP contribution in [0.5, 0.6) is 0 Å². The zero-order valence-corrected chi connectivity index (χ0v) is 16.4. The summed E-state index contributed by atoms with van der Waals surface area (Å²) in [6.07, 6.45) is 0. The average Bonchev–Trinajstić information content (AvgIpc) is 2.65. The average molecular weight is 354 g/mol. The fourth-order valence-electron chi connectivity index (χ4n) is 2.09. The van der Waals surface area contributed by atoms with Crippen LogP contribution in [0.15, 0.2) is 29.2 Å². The minimum atomic E-state index is -3.76. The van der Waals surface area contributed by atoms with Crippen LogP contribution in [0.2, 0.25) is 0 Å². The van der Waals surface area contributed by atoms with Gasteiger partial charge in [-0.1, -0.05) is 32.9 Å². The molecule has 5 nitrogen and oxygen atoms in total. The van der Waals surface area contributed by atoms with Crippen LogP contribution in [0.4, 0.5) is 0 Å². The first kappa shape index (κ1) is 19.4. The molecule has 1 aliphatic rings. The lowest BCUT2D eigenvalue weighted by Crippen LogP contribution is -2.41. The van der Waals surface area contributed by atoms with Crippen molar-refractivity contribution in [3.63, 3.8) is 0 Å². The van der Waals surface area contributed by atoms with E-state index in [1.165, 1.54) is 12.1 Å². The minimum absolute atomic E-state index is 0.131. The molecule has 0 amide bonds. The Bertz CT molecular complexity index is 671. The Morgan fingerprint density at radius 2 is 1.46 bits per heavy atom. The molecule has 0 aliphatic carbocycles. The first-order chi connectivity index (χ1) is 10.7. The number of hydrogen-bond donors (Lipinski definition) is 0. The van der Waals surface area contributed by atoms with Gasteiger partial charge in [-0.2, -0.15) is 8.42 Å². The summed E-state index contributed by atoms with van der Waals surface area (Å²) >= 11 is 0. The molecule has 7 heteroatoms. The highest BCUT2D eigenvalue weighted by atomic mass is 32.2. The lowest BCUT2D eigenvalue weighted by Gasteiger charge is -2.32. The summed E-state index contributed by atoms with van der Waals surface area (Å²) in [5.41, 5.74) is -0.310. The lowest BCUT2D eigenvalue weighted by atomic mass is 9.79. The van der Waals surface area contributed by atoms with Gasteiger partial charge in [-0.3, -0.25) is 4.18 Å². The molecule has 2 rings (SSSR count). The molecule has 1 aromatic carbocycles. The van der Waals surface area contributed by atoms with Crippen LogP contribution in [-0.4, -0.2) is 33.3 Å². The second kappa shape index (κ2) is 6.13. The second-order valence-electron chi connectivity index (χ2n) is 8.43. The zero-order valence-electron chi connectivity index (χ0n) is 15.5. The summed E-state index contributed by atoms with van der Waals surface area (Å²) in [5.74, 6) is 0. The Labute approximate surface area is 146 Å². The Kier molecular flexibility index (Phi) is 4.96. The highest BCUT2D eigenvalue weighted by Gasteiger charge is 2.51. The van der Waals surface area contributed by atoms with Gasteiger partial charge in [-0.15, -0.1) is 0 Å². The molecule has 24 heavy (non-hydrogen) atoms. The van der Waals surface area contributed by atoms with Crippen molar-refractivity contribution < 1.29 is 21.9 Å². The van der Waals surface area contributed by atoms with Crippen molar-refractivity contribution >= 4 is 22.7 Å². The maximum atomic E-state index is 12.2. The molecule has 0 bridgehead atoms. The van der Waals surface area contributed by atoms with E-state index in [-0.39, 0.29) is 16.9 Å². The Balaban J connectivity index is 2.14. The highest BCUT2D eigenvalue weighted by molar-refractivity contribution is 7.86. The summed E-state index contributed by atoms with van der Waals surface area (Å²) < 4.78 is 41.5. The number of rotatable bonds is 4. The number of benzene rings is 1. The predicted molar refractivity (Wildman–Crippen MR) is 94.8 cm³/mol. The van der Waals surface area contributed by atoms with Gasteiger partial charge in [0.2, 0.25) is 0 Å². The summed E-state index contributed by atoms with van der Waals surface area (Å²) in [6.45, 7) is 13.8. The van der Waals surface area contributed by atoms with Gasteiger partial charge >= 0.3 is 7.12 Å². The Morgan fingerprint density at radius 1 is 1.00 bits per heavy atom. The Morgan fingerprint density at radius 3 is 1.88 bits per heavy atom. The summed E-state index contributed by atoms with van der Waals surface area (Å²) in [6, 6.07) is 6.46. The molecule has 0 aromatic heterocycles. The van der Waals surface area contributed by atoms with Crippen LogP contribution in [0.3, 0.4) is 0 Å². The fourth-order valence-corrected chi connectivity index (χ4v) is 3.21. The van der Waals surface area contributed by atoms with E-state index in [1.807, 2.05) is 48.5 Å². The molecule has 0 saturated carbocycles. The van der Waals surface area contributed by atoms with Gasteiger partial charge in [0.05, 0.1) is 22.7 Å². The van der Waals surface area contributed by atoms with Crippen LogP contribution >= 0.6 is 0 Å². The smallest absolute Gasteiger partial charge is 0.399 e. The van der Waals surface area contributed by atoms with E-state index in [0.29, 0.717) is 0 Å². The molecule has 1 fully saturated rings. The SMILES string of the molecule is CC(C)(C)COS(=O)(=O)c1ccc(B2OC(C)(C)C(C)(C)O2)cc1. The standard InChI is InChI=1S/C17H27BO5S/c1-15(2,3)12-21-24(19,20)14-10-8-13(9-11-14)18-22-16(4,5)17(6,7)23-18/h8-11H,12H2,1-7H3. The highest BCUT2D eigenvalue weighted by Crippen LogP contribution is 2.36. The number of hydrogen-bond acceptors (Lipinski definition) is 5. The van der Waals surface area contributed by atoms with Gasteiger partial charge in [-0.25, -0.2) is 0 Å². The van der Waals surface area contributed by atoms with E-state index < -0.39 is 28.4 Å². The van der Waals surface area contributed by atoms with E-state index in [1.54, 1.807) is 12.1 Å². The molecule has 1 aromatic rings. The summed E-state index contributed by atoms with van der Waals surface area (Å²) in [4.78, 5) is 0.131. The summed E-state index contributed by atoms with van der Waals surface area (Å²) in [5, 5.41) is 0. The third-order valence-corrected chi connectivity index (χ3v) is 5.62. The van der Waals surface area contributed by atoms with E-state index in [4.69, 9.17) is 13.5 Å². The predicted octanol–water partition coefficient (Wildman–Crippen LogP) is 2.74. The van der Waals surface area contributed by atoms with Crippen molar-refractivity contribution in [2.24, 2.45) is 5.41 Å². The lowest BCUT2D eigenvalue weighted by molar-refractivity contribution is 0.00578. The van der Waals surface area contributed by atoms with E-state index in [2.05, 4.69) is 0 Å². The third kappa shape index (κ3) is 4.20. The fraction of sp³-hybridized carbons (Fsp3) is 0.647. The zero-order chi connectivity index (χ0) is 18.4. The topological polar surface area (TPSA) is 61.8 Å². The quantitative estimate of drug-likeness (QED) is 0.615. The second-order valence-corrected chi connectivity index (χ2v) is 10.0. The van der Waals surface area contributed by atoms with Crippen molar-refractivity contribution in [1.82, 2.24) is 0 Å². The molecule has 0 N–H and O–H groups in total. The van der Waals surface area contributed by atoms with Crippen molar-refractivity contribution in [2.75, 3.05) is 6.61 Å². The molecule has 1 saturated heterocycles. The molecule has 0 radical (unpaired) electrons. The van der Waals surface area contributed by atoms with Gasteiger partial charge in [0.1, 0.15) is 0 Å². The van der Waals surface area contributed by atoms with Gasteiger partial charge in [-0.05, 0) is 50.7 Å². The van der Waals surface area contributed by atoms with Crippen molar-refractivity contribution in [2.45, 2.75) is 64.6 Å². The largest absolute Gasteiger partial charge is 0.494 e. The molecular formula is C17H27BO5S. The maximum Gasteiger partial charge on any atom is 0.494 e. The third-order valence-electron chi connectivity index (χ3n) is 4.34. The minimum Gasteiger partial charge on any atom is -0.399 e. The van der Waals surface area contributed by atoms with Crippen molar-refractivity contribution in [3.05, 3.63) is 24.3 Å². The van der Waals surface area contributed by atoms with Crippen molar-refractivity contribution in [1.29, 1.82) is 0 Å². The molecule has 1 heterocycles.